The van der Waals surface area contributed by atoms with E-state index in [1.165, 1.54) is 5.69 Å². The van der Waals surface area contributed by atoms with E-state index < -0.39 is 0 Å². The third-order valence-corrected chi connectivity index (χ3v) is 4.22. The van der Waals surface area contributed by atoms with Gasteiger partial charge in [0, 0.05) is 31.2 Å². The van der Waals surface area contributed by atoms with Gasteiger partial charge >= 0.3 is 0 Å². The smallest absolute Gasteiger partial charge is 0.165 e. The molecule has 25 heavy (non-hydrogen) atoms. The van der Waals surface area contributed by atoms with Crippen LogP contribution in [0.2, 0.25) is 0 Å². The number of hydrogen-bond donors (Lipinski definition) is 1. The summed E-state index contributed by atoms with van der Waals surface area (Å²) >= 11 is 0. The topological polar surface area (TPSA) is 60.6 Å². The van der Waals surface area contributed by atoms with Crippen molar-refractivity contribution in [3.63, 3.8) is 0 Å². The Hall–Kier alpha value is -1.89. The first-order chi connectivity index (χ1) is 11.2. The van der Waals surface area contributed by atoms with Crippen LogP contribution in [0.3, 0.4) is 0 Å². The zero-order valence-electron chi connectivity index (χ0n) is 14.3. The van der Waals surface area contributed by atoms with E-state index in [0.717, 1.165) is 54.6 Å². The summed E-state index contributed by atoms with van der Waals surface area (Å²) in [6.45, 7) is 6.89. The van der Waals surface area contributed by atoms with Crippen LogP contribution in [0, 0.1) is 13.8 Å². The molecule has 8 heteroatoms. The normalized spacial score (nSPS) is 13.4. The lowest BCUT2D eigenvalue weighted by molar-refractivity contribution is 0.588. The van der Waals surface area contributed by atoms with Gasteiger partial charge in [0.25, 0.3) is 0 Å². The van der Waals surface area contributed by atoms with Crippen LogP contribution in [-0.2, 0) is 13.1 Å². The highest BCUT2D eigenvalue weighted by atomic mass is 35.5. The van der Waals surface area contributed by atoms with Gasteiger partial charge in [-0.15, -0.1) is 24.8 Å². The Morgan fingerprint density at radius 1 is 1.16 bits per heavy atom. The van der Waals surface area contributed by atoms with E-state index in [4.69, 9.17) is 5.10 Å². The molecule has 4 rings (SSSR count). The van der Waals surface area contributed by atoms with Crippen LogP contribution in [0.1, 0.15) is 23.5 Å². The molecule has 0 aliphatic carbocycles. The van der Waals surface area contributed by atoms with Gasteiger partial charge in [-0.1, -0.05) is 0 Å². The van der Waals surface area contributed by atoms with E-state index in [9.17, 15) is 0 Å². The van der Waals surface area contributed by atoms with Gasteiger partial charge in [0.05, 0.1) is 17.1 Å². The second-order valence-corrected chi connectivity index (χ2v) is 5.95. The van der Waals surface area contributed by atoms with Crippen molar-refractivity contribution in [3.8, 4) is 17.2 Å². The van der Waals surface area contributed by atoms with Crippen LogP contribution in [0.25, 0.3) is 17.2 Å². The maximum Gasteiger partial charge on any atom is 0.165 e. The van der Waals surface area contributed by atoms with Crippen molar-refractivity contribution in [2.24, 2.45) is 0 Å². The third-order valence-electron chi connectivity index (χ3n) is 4.22. The Bertz CT molecular complexity index is 831. The number of pyridine rings is 1. The lowest BCUT2D eigenvalue weighted by Crippen LogP contribution is -2.11. The Morgan fingerprint density at radius 3 is 2.80 bits per heavy atom. The highest BCUT2D eigenvalue weighted by molar-refractivity contribution is 5.85. The Kier molecular flexibility index (Phi) is 6.21. The standard InChI is InChI=1S/C17H20N6.2ClH/c1-12-4-5-16(13(2)20-12)22-9-7-19-17(22)15-10-14-11-18-6-3-8-23(14)21-15;;/h4-5,7,9-10,18H,3,6,8,11H2,1-2H3;2*1H. The van der Waals surface area contributed by atoms with E-state index in [1.807, 2.05) is 32.3 Å². The van der Waals surface area contributed by atoms with E-state index in [0.29, 0.717) is 0 Å². The van der Waals surface area contributed by atoms with Gasteiger partial charge in [-0.3, -0.25) is 14.2 Å². The molecule has 0 saturated heterocycles. The second-order valence-electron chi connectivity index (χ2n) is 5.95. The Balaban J connectivity index is 0.00000113. The van der Waals surface area contributed by atoms with E-state index in [1.54, 1.807) is 0 Å². The fourth-order valence-electron chi connectivity index (χ4n) is 3.09. The number of hydrogen-bond acceptors (Lipinski definition) is 4. The van der Waals surface area contributed by atoms with Gasteiger partial charge in [0.15, 0.2) is 5.82 Å². The first-order valence-electron chi connectivity index (χ1n) is 7.98. The fraction of sp³-hybridized carbons (Fsp3) is 0.353. The molecule has 0 spiro atoms. The van der Waals surface area contributed by atoms with Gasteiger partial charge in [0.2, 0.25) is 0 Å². The molecule has 6 nitrogen and oxygen atoms in total. The number of nitrogens with zero attached hydrogens (tertiary/aromatic N) is 5. The highest BCUT2D eigenvalue weighted by Gasteiger charge is 2.17. The lowest BCUT2D eigenvalue weighted by atomic mass is 10.2. The van der Waals surface area contributed by atoms with Gasteiger partial charge in [0.1, 0.15) is 5.69 Å². The number of rotatable bonds is 2. The average molecular weight is 381 g/mol. The Morgan fingerprint density at radius 2 is 2.00 bits per heavy atom. The number of fused-ring (bicyclic) bond motifs is 1. The van der Waals surface area contributed by atoms with Gasteiger partial charge in [-0.05, 0) is 45.0 Å². The van der Waals surface area contributed by atoms with Crippen LogP contribution >= 0.6 is 24.8 Å². The van der Waals surface area contributed by atoms with Crippen LogP contribution in [-0.4, -0.2) is 30.9 Å². The average Bonchev–Trinajstić information content (AvgIpc) is 3.09. The zero-order chi connectivity index (χ0) is 15.8. The predicted molar refractivity (Wildman–Crippen MR) is 103 cm³/mol. The molecule has 0 unspecified atom stereocenters. The third kappa shape index (κ3) is 3.71. The molecule has 0 amide bonds. The first kappa shape index (κ1) is 19.4. The Labute approximate surface area is 159 Å². The lowest BCUT2D eigenvalue weighted by Gasteiger charge is -2.09. The first-order valence-corrected chi connectivity index (χ1v) is 7.98. The molecule has 0 fully saturated rings. The van der Waals surface area contributed by atoms with Crippen LogP contribution in [0.4, 0.5) is 0 Å². The summed E-state index contributed by atoms with van der Waals surface area (Å²) in [6, 6.07) is 6.25. The summed E-state index contributed by atoms with van der Waals surface area (Å²) in [4.78, 5) is 9.09. The van der Waals surface area contributed by atoms with Gasteiger partial charge in [-0.25, -0.2) is 4.98 Å². The maximum atomic E-state index is 4.76. The molecule has 3 aromatic heterocycles. The van der Waals surface area contributed by atoms with E-state index in [2.05, 4.69) is 36.7 Å². The number of imidazole rings is 1. The van der Waals surface area contributed by atoms with Gasteiger partial charge in [-0.2, -0.15) is 5.10 Å². The van der Waals surface area contributed by atoms with Crippen LogP contribution in [0.5, 0.6) is 0 Å². The predicted octanol–water partition coefficient (Wildman–Crippen LogP) is 3.08. The minimum atomic E-state index is 0. The van der Waals surface area contributed by atoms with E-state index in [-0.39, 0.29) is 24.8 Å². The molecule has 4 heterocycles. The summed E-state index contributed by atoms with van der Waals surface area (Å²) in [7, 11) is 0. The largest absolute Gasteiger partial charge is 0.311 e. The maximum absolute atomic E-state index is 4.76. The molecule has 0 aromatic carbocycles. The van der Waals surface area contributed by atoms with Crippen molar-refractivity contribution in [2.45, 2.75) is 33.4 Å². The number of halogens is 2. The zero-order valence-corrected chi connectivity index (χ0v) is 15.9. The summed E-state index contributed by atoms with van der Waals surface area (Å²) < 4.78 is 4.16. The number of aromatic nitrogens is 5. The minimum Gasteiger partial charge on any atom is -0.311 e. The summed E-state index contributed by atoms with van der Waals surface area (Å²) in [5, 5.41) is 8.19. The molecule has 0 bridgehead atoms. The fourth-order valence-corrected chi connectivity index (χ4v) is 3.09. The molecule has 134 valence electrons. The van der Waals surface area contributed by atoms with Gasteiger partial charge < -0.3 is 5.32 Å². The summed E-state index contributed by atoms with van der Waals surface area (Å²) in [6.07, 6.45) is 4.89. The van der Waals surface area contributed by atoms with Crippen LogP contribution < -0.4 is 5.32 Å². The van der Waals surface area contributed by atoms with Crippen molar-refractivity contribution in [1.82, 2.24) is 29.6 Å². The molecule has 1 N–H and O–H groups in total. The summed E-state index contributed by atoms with van der Waals surface area (Å²) in [5.74, 6) is 0.860. The quantitative estimate of drug-likeness (QED) is 0.741. The second kappa shape index (κ2) is 7.99. The van der Waals surface area contributed by atoms with Crippen molar-refractivity contribution in [2.75, 3.05) is 6.54 Å². The van der Waals surface area contributed by atoms with Crippen molar-refractivity contribution < 1.29 is 0 Å². The molecule has 1 aliphatic heterocycles. The van der Waals surface area contributed by atoms with Crippen LogP contribution in [0.15, 0.2) is 30.6 Å². The SMILES string of the molecule is Cc1ccc(-n2ccnc2-c2cc3n(n2)CCCNC3)c(C)n1.Cl.Cl. The van der Waals surface area contributed by atoms with Crippen molar-refractivity contribution >= 4 is 24.8 Å². The molecule has 0 saturated carbocycles. The van der Waals surface area contributed by atoms with Crippen molar-refractivity contribution in [3.05, 3.63) is 47.7 Å². The van der Waals surface area contributed by atoms with E-state index >= 15 is 0 Å². The molecule has 0 radical (unpaired) electrons. The molecule has 3 aromatic rings. The highest BCUT2D eigenvalue weighted by Crippen LogP contribution is 2.23. The number of nitrogens with one attached hydrogen (secondary N) is 1. The molecule has 1 aliphatic rings. The summed E-state index contributed by atoms with van der Waals surface area (Å²) in [5.41, 5.74) is 5.18. The molecular weight excluding hydrogens is 359 g/mol. The number of aryl methyl sites for hydroxylation is 3. The molecular formula is C17H22Cl2N6. The monoisotopic (exact) mass is 380 g/mol. The minimum absolute atomic E-state index is 0. The van der Waals surface area contributed by atoms with Crippen molar-refractivity contribution in [1.29, 1.82) is 0 Å². The molecule has 0 atom stereocenters.